The monoisotopic (exact) mass is 456 g/mol. The van der Waals surface area contributed by atoms with Crippen molar-refractivity contribution in [1.82, 2.24) is 9.80 Å². The van der Waals surface area contributed by atoms with E-state index in [4.69, 9.17) is 0 Å². The largest absolute Gasteiger partial charge is 0.338 e. The van der Waals surface area contributed by atoms with Gasteiger partial charge in [0.15, 0.2) is 0 Å². The minimum absolute atomic E-state index is 0.153. The number of benzene rings is 3. The van der Waals surface area contributed by atoms with Crippen LogP contribution in [-0.4, -0.2) is 41.9 Å². The van der Waals surface area contributed by atoms with Gasteiger partial charge in [0.25, 0.3) is 0 Å². The van der Waals surface area contributed by atoms with E-state index in [2.05, 4.69) is 48.2 Å². The fourth-order valence-electron chi connectivity index (χ4n) is 5.96. The summed E-state index contributed by atoms with van der Waals surface area (Å²) in [5, 5.41) is 0. The van der Waals surface area contributed by atoms with Gasteiger partial charge in [0.2, 0.25) is 5.91 Å². The lowest BCUT2D eigenvalue weighted by Crippen LogP contribution is -2.53. The highest BCUT2D eigenvalue weighted by molar-refractivity contribution is 5.94. The average molecular weight is 457 g/mol. The van der Waals surface area contributed by atoms with E-state index < -0.39 is 5.41 Å². The molecule has 3 aromatic carbocycles. The van der Waals surface area contributed by atoms with E-state index >= 15 is 0 Å². The third-order valence-electron chi connectivity index (χ3n) is 7.85. The highest BCUT2D eigenvalue weighted by Crippen LogP contribution is 2.43. The van der Waals surface area contributed by atoms with Crippen molar-refractivity contribution in [3.8, 4) is 0 Å². The van der Waals surface area contributed by atoms with Crippen LogP contribution in [0.4, 0.5) is 4.39 Å². The molecule has 0 radical (unpaired) electrons. The summed E-state index contributed by atoms with van der Waals surface area (Å²) in [6.45, 7) is 6.26. The smallest absolute Gasteiger partial charge is 0.238 e. The molecule has 3 aromatic rings. The summed E-state index contributed by atoms with van der Waals surface area (Å²) >= 11 is 0. The molecule has 3 nitrogen and oxygen atoms in total. The van der Waals surface area contributed by atoms with Crippen molar-refractivity contribution in [1.29, 1.82) is 0 Å². The van der Waals surface area contributed by atoms with Crippen LogP contribution in [0.25, 0.3) is 0 Å². The predicted octanol–water partition coefficient (Wildman–Crippen LogP) is 5.74. The first kappa shape index (κ1) is 22.8. The number of carbonyl (C=O) groups is 1. The van der Waals surface area contributed by atoms with Gasteiger partial charge in [-0.05, 0) is 86.1 Å². The Morgan fingerprint density at radius 2 is 1.68 bits per heavy atom. The van der Waals surface area contributed by atoms with Crippen molar-refractivity contribution in [3.05, 3.63) is 107 Å². The fourth-order valence-corrected chi connectivity index (χ4v) is 5.96. The number of likely N-dealkylation sites (N-methyl/N-ethyl adjacent to an activating group) is 1. The molecule has 1 amide bonds. The van der Waals surface area contributed by atoms with Crippen molar-refractivity contribution in [2.75, 3.05) is 26.2 Å². The van der Waals surface area contributed by atoms with E-state index in [1.807, 2.05) is 35.2 Å². The van der Waals surface area contributed by atoms with Gasteiger partial charge in [-0.25, -0.2) is 4.39 Å². The SMILES string of the molecule is CCN1Cc2ccccc2C(CCN2CCC(c3cccc(F)c3)CC2)(c2ccccc2)C1=O. The van der Waals surface area contributed by atoms with Crippen molar-refractivity contribution in [2.24, 2.45) is 0 Å². The summed E-state index contributed by atoms with van der Waals surface area (Å²) in [5.41, 5.74) is 3.93. The second-order valence-electron chi connectivity index (χ2n) is 9.67. The van der Waals surface area contributed by atoms with E-state index in [0.717, 1.165) is 55.6 Å². The first-order valence-electron chi connectivity index (χ1n) is 12.5. The predicted molar refractivity (Wildman–Crippen MR) is 134 cm³/mol. The summed E-state index contributed by atoms with van der Waals surface area (Å²) in [6.07, 6.45) is 2.80. The van der Waals surface area contributed by atoms with Crippen molar-refractivity contribution >= 4 is 5.91 Å². The molecule has 0 saturated carbocycles. The van der Waals surface area contributed by atoms with Gasteiger partial charge in [-0.3, -0.25) is 4.79 Å². The maximum atomic E-state index is 14.1. The van der Waals surface area contributed by atoms with Crippen LogP contribution in [0.3, 0.4) is 0 Å². The zero-order chi connectivity index (χ0) is 23.5. The Balaban J connectivity index is 1.40. The Hall–Kier alpha value is -2.98. The molecule has 2 heterocycles. The van der Waals surface area contributed by atoms with Crippen LogP contribution < -0.4 is 0 Å². The molecule has 34 heavy (non-hydrogen) atoms. The molecule has 5 rings (SSSR count). The van der Waals surface area contributed by atoms with Crippen LogP contribution in [0.5, 0.6) is 0 Å². The number of piperidine rings is 1. The average Bonchev–Trinajstić information content (AvgIpc) is 2.89. The maximum Gasteiger partial charge on any atom is 0.238 e. The molecule has 1 atom stereocenters. The van der Waals surface area contributed by atoms with Crippen LogP contribution in [0.1, 0.15) is 54.4 Å². The van der Waals surface area contributed by atoms with Crippen molar-refractivity contribution in [2.45, 2.75) is 44.1 Å². The zero-order valence-electron chi connectivity index (χ0n) is 19.9. The van der Waals surface area contributed by atoms with Gasteiger partial charge in [0.1, 0.15) is 11.2 Å². The third kappa shape index (κ3) is 4.16. The second-order valence-corrected chi connectivity index (χ2v) is 9.67. The third-order valence-corrected chi connectivity index (χ3v) is 7.85. The lowest BCUT2D eigenvalue weighted by molar-refractivity contribution is -0.138. The Morgan fingerprint density at radius 3 is 2.41 bits per heavy atom. The van der Waals surface area contributed by atoms with Gasteiger partial charge in [-0.1, -0.05) is 66.7 Å². The number of carbonyl (C=O) groups excluding carboxylic acids is 1. The molecule has 0 bridgehead atoms. The number of amides is 1. The lowest BCUT2D eigenvalue weighted by atomic mass is 9.67. The molecule has 1 fully saturated rings. The van der Waals surface area contributed by atoms with E-state index in [9.17, 15) is 9.18 Å². The Kier molecular flexibility index (Phi) is 6.51. The van der Waals surface area contributed by atoms with Crippen LogP contribution in [0.15, 0.2) is 78.9 Å². The van der Waals surface area contributed by atoms with Gasteiger partial charge >= 0.3 is 0 Å². The number of likely N-dealkylation sites (tertiary alicyclic amines) is 1. The van der Waals surface area contributed by atoms with Gasteiger partial charge in [-0.2, -0.15) is 0 Å². The normalized spacial score (nSPS) is 21.5. The highest BCUT2D eigenvalue weighted by atomic mass is 19.1. The van der Waals surface area contributed by atoms with Crippen LogP contribution in [0.2, 0.25) is 0 Å². The van der Waals surface area contributed by atoms with Crippen LogP contribution in [-0.2, 0) is 16.8 Å². The molecule has 1 saturated heterocycles. The number of halogens is 1. The molecule has 0 aromatic heterocycles. The van der Waals surface area contributed by atoms with Gasteiger partial charge in [0.05, 0.1) is 0 Å². The molecule has 0 spiro atoms. The minimum Gasteiger partial charge on any atom is -0.338 e. The Morgan fingerprint density at radius 1 is 0.941 bits per heavy atom. The summed E-state index contributed by atoms with van der Waals surface area (Å²) in [7, 11) is 0. The summed E-state index contributed by atoms with van der Waals surface area (Å²) in [5.74, 6) is 0.469. The van der Waals surface area contributed by atoms with Crippen molar-refractivity contribution < 1.29 is 9.18 Å². The molecule has 2 aliphatic heterocycles. The molecular formula is C30H33FN2O. The van der Waals surface area contributed by atoms with Gasteiger partial charge in [-0.15, -0.1) is 0 Å². The molecule has 1 unspecified atom stereocenters. The Bertz CT molecular complexity index is 1140. The zero-order valence-corrected chi connectivity index (χ0v) is 19.9. The number of rotatable bonds is 6. The summed E-state index contributed by atoms with van der Waals surface area (Å²) < 4.78 is 13.7. The molecule has 0 aliphatic carbocycles. The summed E-state index contributed by atoms with van der Waals surface area (Å²) in [6, 6.07) is 25.9. The number of hydrogen-bond acceptors (Lipinski definition) is 2. The standard InChI is InChI=1S/C30H33FN2O/c1-2-33-22-25-9-6-7-14-28(25)30(29(33)34,26-11-4-3-5-12-26)17-20-32-18-15-23(16-19-32)24-10-8-13-27(31)21-24/h3-14,21,23H,2,15-20,22H2,1H3. The lowest BCUT2D eigenvalue weighted by Gasteiger charge is -2.44. The van der Waals surface area contributed by atoms with Crippen molar-refractivity contribution in [3.63, 3.8) is 0 Å². The highest BCUT2D eigenvalue weighted by Gasteiger charge is 2.48. The number of nitrogens with zero attached hydrogens (tertiary/aromatic N) is 2. The molecule has 176 valence electrons. The minimum atomic E-state index is -0.661. The first-order valence-corrected chi connectivity index (χ1v) is 12.5. The van der Waals surface area contributed by atoms with Crippen LogP contribution >= 0.6 is 0 Å². The van der Waals surface area contributed by atoms with Gasteiger partial charge < -0.3 is 9.80 Å². The second kappa shape index (κ2) is 9.71. The maximum absolute atomic E-state index is 14.1. The van der Waals surface area contributed by atoms with E-state index in [1.165, 1.54) is 11.6 Å². The molecular weight excluding hydrogens is 423 g/mol. The van der Waals surface area contributed by atoms with Gasteiger partial charge in [0, 0.05) is 13.1 Å². The molecule has 4 heteroatoms. The summed E-state index contributed by atoms with van der Waals surface area (Å²) in [4.78, 5) is 18.5. The quantitative estimate of drug-likeness (QED) is 0.472. The number of fused-ring (bicyclic) bond motifs is 1. The topological polar surface area (TPSA) is 23.6 Å². The first-order chi connectivity index (χ1) is 16.6. The molecule has 0 N–H and O–H groups in total. The van der Waals surface area contributed by atoms with Crippen LogP contribution in [0, 0.1) is 5.82 Å². The van der Waals surface area contributed by atoms with E-state index in [-0.39, 0.29) is 11.7 Å². The number of hydrogen-bond donors (Lipinski definition) is 0. The fraction of sp³-hybridized carbons (Fsp3) is 0.367. The Labute approximate surface area is 202 Å². The van der Waals surface area contributed by atoms with E-state index in [1.54, 1.807) is 6.07 Å². The molecule has 2 aliphatic rings. The van der Waals surface area contributed by atoms with E-state index in [0.29, 0.717) is 19.0 Å².